The predicted octanol–water partition coefficient (Wildman–Crippen LogP) is 4.78. The van der Waals surface area contributed by atoms with Gasteiger partial charge in [-0.3, -0.25) is 4.79 Å². The number of benzene rings is 2. The fraction of sp³-hybridized carbons (Fsp3) is 0.350. The quantitative estimate of drug-likeness (QED) is 0.723. The molecule has 0 radical (unpaired) electrons. The number of carbonyl (C=O) groups is 1. The van der Waals surface area contributed by atoms with Gasteiger partial charge in [-0.15, -0.1) is 0 Å². The highest BCUT2D eigenvalue weighted by molar-refractivity contribution is 9.10. The van der Waals surface area contributed by atoms with Crippen LogP contribution in [0.3, 0.4) is 0 Å². The van der Waals surface area contributed by atoms with Crippen molar-refractivity contribution in [2.24, 2.45) is 0 Å². The van der Waals surface area contributed by atoms with Crippen LogP contribution in [-0.2, 0) is 6.18 Å². The van der Waals surface area contributed by atoms with Crippen molar-refractivity contribution < 1.29 is 18.0 Å². The fourth-order valence-corrected chi connectivity index (χ4v) is 3.41. The van der Waals surface area contributed by atoms with Crippen LogP contribution in [-0.4, -0.2) is 44.0 Å². The lowest BCUT2D eigenvalue weighted by Crippen LogP contribution is -2.44. The van der Waals surface area contributed by atoms with E-state index in [1.807, 2.05) is 24.9 Å². The zero-order chi connectivity index (χ0) is 20.5. The Morgan fingerprint density at radius 1 is 1.07 bits per heavy atom. The van der Waals surface area contributed by atoms with Crippen molar-refractivity contribution in [3.8, 4) is 0 Å². The molecule has 0 bridgehead atoms. The molecular weight excluding hydrogens is 435 g/mol. The summed E-state index contributed by atoms with van der Waals surface area (Å²) >= 11 is 3.39. The molecule has 4 nitrogen and oxygen atoms in total. The van der Waals surface area contributed by atoms with Crippen molar-refractivity contribution in [1.82, 2.24) is 4.90 Å². The van der Waals surface area contributed by atoms with E-state index in [0.717, 1.165) is 35.3 Å². The van der Waals surface area contributed by atoms with E-state index in [-0.39, 0.29) is 5.56 Å². The standard InChI is InChI=1S/C20H21BrF3N3O/c1-13-3-4-16(12-18(13)21)25-19(28)14-9-15(20(22,23)24)11-17(10-14)27-7-5-26(2)6-8-27/h3-4,9-12H,5-8H2,1-2H3,(H,25,28). The van der Waals surface area contributed by atoms with Crippen LogP contribution in [0.4, 0.5) is 24.5 Å². The number of amides is 1. The molecule has 28 heavy (non-hydrogen) atoms. The molecule has 8 heteroatoms. The number of piperazine rings is 1. The van der Waals surface area contributed by atoms with Gasteiger partial charge in [0.05, 0.1) is 5.56 Å². The third kappa shape index (κ3) is 4.86. The summed E-state index contributed by atoms with van der Waals surface area (Å²) < 4.78 is 41.0. The van der Waals surface area contributed by atoms with Gasteiger partial charge in [0.15, 0.2) is 0 Å². The maximum absolute atomic E-state index is 13.4. The molecule has 1 heterocycles. The summed E-state index contributed by atoms with van der Waals surface area (Å²) in [6.07, 6.45) is -4.52. The van der Waals surface area contributed by atoms with E-state index in [0.29, 0.717) is 24.5 Å². The van der Waals surface area contributed by atoms with E-state index in [1.54, 1.807) is 12.1 Å². The smallest absolute Gasteiger partial charge is 0.369 e. The Bertz CT molecular complexity index is 877. The number of halogens is 4. The number of anilines is 2. The molecule has 0 unspecified atom stereocenters. The Hall–Kier alpha value is -2.06. The van der Waals surface area contributed by atoms with E-state index in [4.69, 9.17) is 0 Å². The van der Waals surface area contributed by atoms with E-state index in [1.165, 1.54) is 6.07 Å². The summed E-state index contributed by atoms with van der Waals surface area (Å²) in [5.74, 6) is -0.572. The van der Waals surface area contributed by atoms with Gasteiger partial charge in [0.25, 0.3) is 5.91 Å². The van der Waals surface area contributed by atoms with Gasteiger partial charge in [0, 0.05) is 47.6 Å². The van der Waals surface area contributed by atoms with Crippen LogP contribution in [0.1, 0.15) is 21.5 Å². The first-order valence-electron chi connectivity index (χ1n) is 8.87. The number of carbonyl (C=O) groups excluding carboxylic acids is 1. The van der Waals surface area contributed by atoms with Crippen LogP contribution in [0.15, 0.2) is 40.9 Å². The van der Waals surface area contributed by atoms with Gasteiger partial charge in [-0.05, 0) is 49.9 Å². The third-order valence-electron chi connectivity index (χ3n) is 4.81. The first-order valence-corrected chi connectivity index (χ1v) is 9.66. The minimum atomic E-state index is -4.52. The molecular formula is C20H21BrF3N3O. The molecule has 1 amide bonds. The summed E-state index contributed by atoms with van der Waals surface area (Å²) in [4.78, 5) is 16.7. The number of aryl methyl sites for hydroxylation is 1. The van der Waals surface area contributed by atoms with Gasteiger partial charge in [0.2, 0.25) is 0 Å². The summed E-state index contributed by atoms with van der Waals surface area (Å²) in [6.45, 7) is 4.66. The van der Waals surface area contributed by atoms with Crippen LogP contribution in [0.5, 0.6) is 0 Å². The number of likely N-dealkylation sites (N-methyl/N-ethyl adjacent to an activating group) is 1. The van der Waals surface area contributed by atoms with Gasteiger partial charge < -0.3 is 15.1 Å². The predicted molar refractivity (Wildman–Crippen MR) is 108 cm³/mol. The Labute approximate surface area is 170 Å². The van der Waals surface area contributed by atoms with E-state index >= 15 is 0 Å². The Morgan fingerprint density at radius 3 is 2.36 bits per heavy atom. The fourth-order valence-electron chi connectivity index (χ4n) is 3.03. The molecule has 0 spiro atoms. The summed E-state index contributed by atoms with van der Waals surface area (Å²) in [5.41, 5.74) is 1.09. The third-order valence-corrected chi connectivity index (χ3v) is 5.66. The zero-order valence-corrected chi connectivity index (χ0v) is 17.2. The molecule has 0 aromatic heterocycles. The minimum Gasteiger partial charge on any atom is -0.369 e. The molecule has 2 aromatic rings. The Kier molecular flexibility index (Phi) is 6.00. The number of hydrogen-bond donors (Lipinski definition) is 1. The van der Waals surface area contributed by atoms with Crippen molar-refractivity contribution in [2.45, 2.75) is 13.1 Å². The molecule has 0 atom stereocenters. The lowest BCUT2D eigenvalue weighted by molar-refractivity contribution is -0.137. The average molecular weight is 456 g/mol. The number of alkyl halides is 3. The number of nitrogens with one attached hydrogen (secondary N) is 1. The summed E-state index contributed by atoms with van der Waals surface area (Å²) in [7, 11) is 1.97. The maximum atomic E-state index is 13.4. The highest BCUT2D eigenvalue weighted by Gasteiger charge is 2.32. The lowest BCUT2D eigenvalue weighted by Gasteiger charge is -2.34. The van der Waals surface area contributed by atoms with Crippen molar-refractivity contribution in [2.75, 3.05) is 43.4 Å². The minimum absolute atomic E-state index is 0.0135. The molecule has 1 fully saturated rings. The topological polar surface area (TPSA) is 35.6 Å². The first kappa shape index (κ1) is 20.7. The average Bonchev–Trinajstić information content (AvgIpc) is 2.64. The van der Waals surface area contributed by atoms with Crippen LogP contribution in [0.2, 0.25) is 0 Å². The van der Waals surface area contributed by atoms with E-state index in [2.05, 4.69) is 26.1 Å². The second kappa shape index (κ2) is 8.13. The van der Waals surface area contributed by atoms with Crippen LogP contribution >= 0.6 is 15.9 Å². The highest BCUT2D eigenvalue weighted by atomic mass is 79.9. The van der Waals surface area contributed by atoms with E-state index in [9.17, 15) is 18.0 Å². The molecule has 3 rings (SSSR count). The molecule has 1 N–H and O–H groups in total. The molecule has 0 saturated carbocycles. The number of nitrogens with zero attached hydrogens (tertiary/aromatic N) is 2. The molecule has 0 aliphatic carbocycles. The van der Waals surface area contributed by atoms with Crippen LogP contribution in [0.25, 0.3) is 0 Å². The van der Waals surface area contributed by atoms with Crippen molar-refractivity contribution in [3.05, 3.63) is 57.6 Å². The van der Waals surface area contributed by atoms with Gasteiger partial charge in [-0.1, -0.05) is 22.0 Å². The number of hydrogen-bond acceptors (Lipinski definition) is 3. The molecule has 150 valence electrons. The normalized spacial score (nSPS) is 15.6. The van der Waals surface area contributed by atoms with Gasteiger partial charge in [-0.25, -0.2) is 0 Å². The van der Waals surface area contributed by atoms with Gasteiger partial charge in [0.1, 0.15) is 0 Å². The molecule has 1 saturated heterocycles. The molecule has 1 aliphatic heterocycles. The SMILES string of the molecule is Cc1ccc(NC(=O)c2cc(N3CCN(C)CC3)cc(C(F)(F)F)c2)cc1Br. The van der Waals surface area contributed by atoms with Gasteiger partial charge >= 0.3 is 6.18 Å². The van der Waals surface area contributed by atoms with Crippen LogP contribution in [0, 0.1) is 6.92 Å². The molecule has 1 aliphatic rings. The highest BCUT2D eigenvalue weighted by Crippen LogP contribution is 2.33. The lowest BCUT2D eigenvalue weighted by atomic mass is 10.1. The maximum Gasteiger partial charge on any atom is 0.416 e. The zero-order valence-electron chi connectivity index (χ0n) is 15.6. The van der Waals surface area contributed by atoms with Crippen LogP contribution < -0.4 is 10.2 Å². The largest absolute Gasteiger partial charge is 0.416 e. The summed E-state index contributed by atoms with van der Waals surface area (Å²) in [6, 6.07) is 8.80. The van der Waals surface area contributed by atoms with Gasteiger partial charge in [-0.2, -0.15) is 13.2 Å². The number of rotatable bonds is 3. The van der Waals surface area contributed by atoms with Crippen molar-refractivity contribution >= 4 is 33.2 Å². The Morgan fingerprint density at radius 2 is 1.75 bits per heavy atom. The second-order valence-electron chi connectivity index (χ2n) is 6.97. The summed E-state index contributed by atoms with van der Waals surface area (Å²) in [5, 5.41) is 2.68. The molecule has 2 aromatic carbocycles. The second-order valence-corrected chi connectivity index (χ2v) is 7.83. The first-order chi connectivity index (χ1) is 13.1. The monoisotopic (exact) mass is 455 g/mol. The van der Waals surface area contributed by atoms with Crippen molar-refractivity contribution in [1.29, 1.82) is 0 Å². The van der Waals surface area contributed by atoms with Crippen molar-refractivity contribution in [3.63, 3.8) is 0 Å². The van der Waals surface area contributed by atoms with E-state index < -0.39 is 17.6 Å². The Balaban J connectivity index is 1.91.